The molecule has 1 heterocycles. The zero-order chi connectivity index (χ0) is 13.8. The molecule has 1 aromatic rings. The van der Waals surface area contributed by atoms with Gasteiger partial charge in [-0.2, -0.15) is 5.26 Å². The van der Waals surface area contributed by atoms with Crippen molar-refractivity contribution in [2.75, 3.05) is 26.7 Å². The maximum absolute atomic E-state index is 13.4. The maximum Gasteiger partial charge on any atom is 0.124 e. The second-order valence-corrected chi connectivity index (χ2v) is 5.24. The molecule has 0 aliphatic carbocycles. The van der Waals surface area contributed by atoms with Gasteiger partial charge in [0.25, 0.3) is 0 Å². The van der Waals surface area contributed by atoms with E-state index in [-0.39, 0.29) is 5.82 Å². The van der Waals surface area contributed by atoms with Gasteiger partial charge in [-0.3, -0.25) is 4.90 Å². The molecule has 0 saturated carbocycles. The quantitative estimate of drug-likeness (QED) is 0.836. The first kappa shape index (κ1) is 14.0. The maximum atomic E-state index is 13.4. The molecule has 1 aliphatic heterocycles. The topological polar surface area (TPSA) is 30.3 Å². The number of likely N-dealkylation sites (N-methyl/N-ethyl adjacent to an activating group) is 1. The van der Waals surface area contributed by atoms with E-state index in [0.29, 0.717) is 11.6 Å². The van der Waals surface area contributed by atoms with Gasteiger partial charge in [0.05, 0.1) is 11.6 Å². The standard InChI is InChI=1S/C15H20FN3/c1-3-15-11-19(5-4-18(15)2)10-13-6-12(9-17)7-14(16)8-13/h6-8,15H,3-5,10-11H2,1-2H3. The Kier molecular flexibility index (Phi) is 4.52. The lowest BCUT2D eigenvalue weighted by Crippen LogP contribution is -2.50. The van der Waals surface area contributed by atoms with Crippen molar-refractivity contribution in [1.82, 2.24) is 9.80 Å². The zero-order valence-electron chi connectivity index (χ0n) is 11.6. The van der Waals surface area contributed by atoms with E-state index in [9.17, 15) is 4.39 Å². The molecule has 1 saturated heterocycles. The SMILES string of the molecule is CCC1CN(Cc2cc(F)cc(C#N)c2)CCN1C. The van der Waals surface area contributed by atoms with Gasteiger partial charge < -0.3 is 4.90 Å². The van der Waals surface area contributed by atoms with Gasteiger partial charge in [0.2, 0.25) is 0 Å². The summed E-state index contributed by atoms with van der Waals surface area (Å²) in [6, 6.07) is 7.16. The van der Waals surface area contributed by atoms with Gasteiger partial charge in [0.15, 0.2) is 0 Å². The van der Waals surface area contributed by atoms with Crippen LogP contribution in [0.15, 0.2) is 18.2 Å². The Morgan fingerprint density at radius 1 is 1.37 bits per heavy atom. The van der Waals surface area contributed by atoms with Crippen LogP contribution in [0.3, 0.4) is 0 Å². The molecule has 3 nitrogen and oxygen atoms in total. The van der Waals surface area contributed by atoms with Crippen molar-refractivity contribution in [3.8, 4) is 6.07 Å². The van der Waals surface area contributed by atoms with Crippen LogP contribution < -0.4 is 0 Å². The number of rotatable bonds is 3. The minimum Gasteiger partial charge on any atom is -0.301 e. The first-order valence-electron chi connectivity index (χ1n) is 6.74. The van der Waals surface area contributed by atoms with Crippen LogP contribution in [-0.2, 0) is 6.54 Å². The highest BCUT2D eigenvalue weighted by molar-refractivity contribution is 5.33. The molecule has 0 bridgehead atoms. The number of hydrogen-bond donors (Lipinski definition) is 0. The number of nitrogens with zero attached hydrogens (tertiary/aromatic N) is 3. The van der Waals surface area contributed by atoms with Crippen molar-refractivity contribution in [1.29, 1.82) is 5.26 Å². The van der Waals surface area contributed by atoms with Crippen molar-refractivity contribution < 1.29 is 4.39 Å². The number of nitriles is 1. The largest absolute Gasteiger partial charge is 0.301 e. The van der Waals surface area contributed by atoms with Crippen molar-refractivity contribution in [3.63, 3.8) is 0 Å². The predicted octanol–water partition coefficient (Wildman–Crippen LogP) is 2.22. The lowest BCUT2D eigenvalue weighted by Gasteiger charge is -2.39. The van der Waals surface area contributed by atoms with Crippen LogP contribution >= 0.6 is 0 Å². The lowest BCUT2D eigenvalue weighted by atomic mass is 10.1. The van der Waals surface area contributed by atoms with Crippen LogP contribution in [0.1, 0.15) is 24.5 Å². The summed E-state index contributed by atoms with van der Waals surface area (Å²) in [5, 5.41) is 8.87. The Balaban J connectivity index is 2.05. The second kappa shape index (κ2) is 6.14. The zero-order valence-corrected chi connectivity index (χ0v) is 11.6. The van der Waals surface area contributed by atoms with E-state index in [1.807, 2.05) is 6.07 Å². The van der Waals surface area contributed by atoms with E-state index in [1.165, 1.54) is 12.1 Å². The average molecular weight is 261 g/mol. The fraction of sp³-hybridized carbons (Fsp3) is 0.533. The third-order valence-corrected chi connectivity index (χ3v) is 3.83. The van der Waals surface area contributed by atoms with E-state index in [0.717, 1.165) is 38.2 Å². The molecule has 1 atom stereocenters. The normalized spacial score (nSPS) is 21.3. The summed E-state index contributed by atoms with van der Waals surface area (Å²) in [4.78, 5) is 4.72. The molecule has 1 aromatic carbocycles. The third kappa shape index (κ3) is 3.52. The Bertz CT molecular complexity index is 481. The number of hydrogen-bond acceptors (Lipinski definition) is 3. The highest BCUT2D eigenvalue weighted by Crippen LogP contribution is 2.15. The molecule has 1 unspecified atom stereocenters. The van der Waals surface area contributed by atoms with Gasteiger partial charge in [-0.25, -0.2) is 4.39 Å². The molecule has 0 aromatic heterocycles. The highest BCUT2D eigenvalue weighted by Gasteiger charge is 2.22. The Labute approximate surface area is 114 Å². The molecule has 102 valence electrons. The van der Waals surface area contributed by atoms with E-state index >= 15 is 0 Å². The van der Waals surface area contributed by atoms with Crippen LogP contribution in [0.4, 0.5) is 4.39 Å². The van der Waals surface area contributed by atoms with Crippen LogP contribution in [0, 0.1) is 17.1 Å². The molecule has 0 spiro atoms. The third-order valence-electron chi connectivity index (χ3n) is 3.83. The van der Waals surface area contributed by atoms with Crippen molar-refractivity contribution in [3.05, 3.63) is 35.1 Å². The summed E-state index contributed by atoms with van der Waals surface area (Å²) in [6.45, 7) is 5.95. The second-order valence-electron chi connectivity index (χ2n) is 5.24. The number of halogens is 1. The highest BCUT2D eigenvalue weighted by atomic mass is 19.1. The molecule has 1 aliphatic rings. The van der Waals surface area contributed by atoms with Gasteiger partial charge in [0.1, 0.15) is 5.82 Å². The van der Waals surface area contributed by atoms with E-state index in [4.69, 9.17) is 5.26 Å². The summed E-state index contributed by atoms with van der Waals surface area (Å²) in [6.07, 6.45) is 1.12. The first-order valence-corrected chi connectivity index (χ1v) is 6.74. The molecule has 0 N–H and O–H groups in total. The number of piperazine rings is 1. The van der Waals surface area contributed by atoms with E-state index in [1.54, 1.807) is 6.07 Å². The monoisotopic (exact) mass is 261 g/mol. The Hall–Kier alpha value is -1.44. The molecule has 19 heavy (non-hydrogen) atoms. The molecule has 0 amide bonds. The molecule has 0 radical (unpaired) electrons. The molecule has 4 heteroatoms. The summed E-state index contributed by atoms with van der Waals surface area (Å²) in [5.41, 5.74) is 1.28. The first-order chi connectivity index (χ1) is 9.12. The Morgan fingerprint density at radius 2 is 2.16 bits per heavy atom. The van der Waals surface area contributed by atoms with Gasteiger partial charge in [-0.15, -0.1) is 0 Å². The van der Waals surface area contributed by atoms with Crippen LogP contribution in [0.25, 0.3) is 0 Å². The van der Waals surface area contributed by atoms with Gasteiger partial charge >= 0.3 is 0 Å². The van der Waals surface area contributed by atoms with E-state index < -0.39 is 0 Å². The molecule has 1 fully saturated rings. The van der Waals surface area contributed by atoms with Crippen molar-refractivity contribution >= 4 is 0 Å². The number of benzene rings is 1. The molecular formula is C15H20FN3. The van der Waals surface area contributed by atoms with Crippen LogP contribution in [0.2, 0.25) is 0 Å². The van der Waals surface area contributed by atoms with Gasteiger partial charge in [-0.1, -0.05) is 6.92 Å². The molecule has 2 rings (SSSR count). The Morgan fingerprint density at radius 3 is 2.84 bits per heavy atom. The summed E-state index contributed by atoms with van der Waals surface area (Å²) < 4.78 is 13.4. The van der Waals surface area contributed by atoms with Crippen LogP contribution in [0.5, 0.6) is 0 Å². The van der Waals surface area contributed by atoms with Gasteiger partial charge in [-0.05, 0) is 37.2 Å². The lowest BCUT2D eigenvalue weighted by molar-refractivity contribution is 0.0883. The summed E-state index contributed by atoms with van der Waals surface area (Å²) in [7, 11) is 2.15. The van der Waals surface area contributed by atoms with Gasteiger partial charge in [0, 0.05) is 32.2 Å². The minimum absolute atomic E-state index is 0.324. The molecular weight excluding hydrogens is 241 g/mol. The fourth-order valence-corrected chi connectivity index (χ4v) is 2.66. The minimum atomic E-state index is -0.324. The average Bonchev–Trinajstić information content (AvgIpc) is 2.40. The fourth-order valence-electron chi connectivity index (χ4n) is 2.66. The van der Waals surface area contributed by atoms with E-state index in [2.05, 4.69) is 23.8 Å². The summed E-state index contributed by atoms with van der Waals surface area (Å²) >= 11 is 0. The van der Waals surface area contributed by atoms with Crippen LogP contribution in [-0.4, -0.2) is 42.5 Å². The predicted molar refractivity (Wildman–Crippen MR) is 73.1 cm³/mol. The van der Waals surface area contributed by atoms with Crippen molar-refractivity contribution in [2.45, 2.75) is 25.9 Å². The van der Waals surface area contributed by atoms with Crippen molar-refractivity contribution in [2.24, 2.45) is 0 Å². The smallest absolute Gasteiger partial charge is 0.124 e. The summed E-state index contributed by atoms with van der Waals surface area (Å²) in [5.74, 6) is -0.324.